The van der Waals surface area contributed by atoms with Gasteiger partial charge in [0, 0.05) is 12.0 Å². The van der Waals surface area contributed by atoms with Gasteiger partial charge in [0.25, 0.3) is 10.0 Å². The highest BCUT2D eigenvalue weighted by Crippen LogP contribution is 2.40. The number of nitrogens with zero attached hydrogens (tertiary/aromatic N) is 1. The molecular formula is C29H34N2O4S. The molecule has 1 N–H and O–H groups in total. The number of ether oxygens (including phenoxy) is 1. The summed E-state index contributed by atoms with van der Waals surface area (Å²) in [5.74, 6) is 0.362. The van der Waals surface area contributed by atoms with Crippen molar-refractivity contribution in [3.05, 3.63) is 88.5 Å². The summed E-state index contributed by atoms with van der Waals surface area (Å²) in [7, 11) is -3.98. The number of nitrogens with one attached hydrogen (secondary N) is 1. The normalized spacial score (nSPS) is 16.6. The van der Waals surface area contributed by atoms with Crippen LogP contribution in [0.1, 0.15) is 54.1 Å². The van der Waals surface area contributed by atoms with E-state index in [-0.39, 0.29) is 23.4 Å². The number of sulfonamides is 1. The Morgan fingerprint density at radius 3 is 2.22 bits per heavy atom. The number of aryl methyl sites for hydroxylation is 4. The summed E-state index contributed by atoms with van der Waals surface area (Å²) >= 11 is 0. The lowest BCUT2D eigenvalue weighted by Gasteiger charge is -2.38. The largest absolute Gasteiger partial charge is 0.487 e. The molecule has 0 fully saturated rings. The summed E-state index contributed by atoms with van der Waals surface area (Å²) in [6.45, 7) is 11.3. The Balaban J connectivity index is 1.68. The molecule has 190 valence electrons. The van der Waals surface area contributed by atoms with Crippen molar-refractivity contribution in [1.29, 1.82) is 0 Å². The number of rotatable bonds is 6. The summed E-state index contributed by atoms with van der Waals surface area (Å²) in [4.78, 5) is 13.6. The van der Waals surface area contributed by atoms with E-state index in [1.807, 2.05) is 71.9 Å². The fourth-order valence-electron chi connectivity index (χ4n) is 4.70. The van der Waals surface area contributed by atoms with Gasteiger partial charge in [-0.3, -0.25) is 9.10 Å². The first kappa shape index (κ1) is 25.8. The molecule has 0 aromatic heterocycles. The predicted octanol–water partition coefficient (Wildman–Crippen LogP) is 5.53. The van der Waals surface area contributed by atoms with Gasteiger partial charge in [-0.25, -0.2) is 8.42 Å². The van der Waals surface area contributed by atoms with Crippen LogP contribution in [-0.2, 0) is 14.8 Å². The van der Waals surface area contributed by atoms with E-state index in [9.17, 15) is 13.2 Å². The third kappa shape index (κ3) is 5.41. The van der Waals surface area contributed by atoms with E-state index in [4.69, 9.17) is 4.74 Å². The maximum Gasteiger partial charge on any atom is 0.264 e. The van der Waals surface area contributed by atoms with E-state index in [0.29, 0.717) is 12.1 Å². The summed E-state index contributed by atoms with van der Waals surface area (Å²) in [5, 5.41) is 3.10. The van der Waals surface area contributed by atoms with E-state index in [1.165, 1.54) is 4.31 Å². The van der Waals surface area contributed by atoms with Gasteiger partial charge < -0.3 is 10.1 Å². The zero-order chi connectivity index (χ0) is 26.3. The lowest BCUT2D eigenvalue weighted by molar-refractivity contribution is -0.120. The fourth-order valence-corrected chi connectivity index (χ4v) is 6.18. The minimum Gasteiger partial charge on any atom is -0.487 e. The molecule has 1 amide bonds. The Labute approximate surface area is 214 Å². The van der Waals surface area contributed by atoms with Crippen LogP contribution in [0.2, 0.25) is 0 Å². The van der Waals surface area contributed by atoms with Crippen molar-refractivity contribution in [2.75, 3.05) is 10.8 Å². The first-order chi connectivity index (χ1) is 16.9. The van der Waals surface area contributed by atoms with Gasteiger partial charge in [-0.05, 0) is 71.4 Å². The topological polar surface area (TPSA) is 75.7 Å². The van der Waals surface area contributed by atoms with Crippen LogP contribution in [0.25, 0.3) is 0 Å². The smallest absolute Gasteiger partial charge is 0.264 e. The van der Waals surface area contributed by atoms with Crippen molar-refractivity contribution in [1.82, 2.24) is 5.32 Å². The molecule has 4 rings (SSSR count). The van der Waals surface area contributed by atoms with Gasteiger partial charge in [0.1, 0.15) is 17.9 Å². The molecule has 1 atom stereocenters. The number of carbonyl (C=O) groups excluding carboxylic acids is 1. The molecule has 0 saturated heterocycles. The Morgan fingerprint density at radius 2 is 1.56 bits per heavy atom. The van der Waals surface area contributed by atoms with Crippen LogP contribution in [0.15, 0.2) is 65.6 Å². The lowest BCUT2D eigenvalue weighted by Crippen LogP contribution is -2.45. The monoisotopic (exact) mass is 506 g/mol. The Bertz CT molecular complexity index is 1400. The third-order valence-corrected chi connectivity index (χ3v) is 8.25. The van der Waals surface area contributed by atoms with Crippen molar-refractivity contribution in [2.24, 2.45) is 0 Å². The second-order valence-corrected chi connectivity index (χ2v) is 12.2. The van der Waals surface area contributed by atoms with Gasteiger partial charge in [0.05, 0.1) is 16.6 Å². The van der Waals surface area contributed by atoms with E-state index < -0.39 is 15.6 Å². The molecule has 36 heavy (non-hydrogen) atoms. The van der Waals surface area contributed by atoms with E-state index in [1.54, 1.807) is 30.3 Å². The standard InChI is InChI=1S/C29H34N2O4S/c1-19-7-11-23(12-8-19)36(33,34)31(26-13-9-20(2)15-22(26)4)18-28(32)30-25-17-29(5,6)35-27-14-10-21(3)16-24(25)27/h7-16,25H,17-18H2,1-6H3,(H,30,32). The number of carbonyl (C=O) groups is 1. The highest BCUT2D eigenvalue weighted by Gasteiger charge is 2.36. The summed E-state index contributed by atoms with van der Waals surface area (Å²) in [5.41, 5.74) is 4.75. The van der Waals surface area contributed by atoms with Gasteiger partial charge in [0.15, 0.2) is 0 Å². The van der Waals surface area contributed by atoms with Gasteiger partial charge in [-0.1, -0.05) is 53.1 Å². The molecule has 7 heteroatoms. The number of hydrogen-bond acceptors (Lipinski definition) is 4. The summed E-state index contributed by atoms with van der Waals surface area (Å²) in [6, 6.07) is 17.9. The van der Waals surface area contributed by atoms with Crippen LogP contribution in [0.3, 0.4) is 0 Å². The van der Waals surface area contributed by atoms with Crippen molar-refractivity contribution >= 4 is 21.6 Å². The maximum atomic E-state index is 13.8. The molecule has 0 radical (unpaired) electrons. The van der Waals surface area contributed by atoms with Crippen molar-refractivity contribution < 1.29 is 17.9 Å². The Kier molecular flexibility index (Phi) is 6.88. The van der Waals surface area contributed by atoms with E-state index in [0.717, 1.165) is 33.6 Å². The average Bonchev–Trinajstić information content (AvgIpc) is 2.78. The number of fused-ring (bicyclic) bond motifs is 1. The molecule has 1 aliphatic heterocycles. The fraction of sp³-hybridized carbons (Fsp3) is 0.345. The van der Waals surface area contributed by atoms with Crippen molar-refractivity contribution in [2.45, 2.75) is 64.5 Å². The SMILES string of the molecule is Cc1ccc(S(=O)(=O)N(CC(=O)NC2CC(C)(C)Oc3ccc(C)cc32)c2ccc(C)cc2C)cc1. The minimum absolute atomic E-state index is 0.147. The summed E-state index contributed by atoms with van der Waals surface area (Å²) in [6.07, 6.45) is 0.573. The molecule has 0 bridgehead atoms. The molecule has 1 unspecified atom stereocenters. The molecule has 3 aromatic rings. The van der Waals surface area contributed by atoms with Crippen LogP contribution in [0.5, 0.6) is 5.75 Å². The van der Waals surface area contributed by atoms with Gasteiger partial charge >= 0.3 is 0 Å². The van der Waals surface area contributed by atoms with Gasteiger partial charge in [-0.2, -0.15) is 0 Å². The molecule has 3 aromatic carbocycles. The number of anilines is 1. The molecule has 0 aliphatic carbocycles. The lowest BCUT2D eigenvalue weighted by atomic mass is 9.89. The third-order valence-electron chi connectivity index (χ3n) is 6.48. The minimum atomic E-state index is -3.98. The van der Waals surface area contributed by atoms with E-state index in [2.05, 4.69) is 5.32 Å². The average molecular weight is 507 g/mol. The van der Waals surface area contributed by atoms with Crippen LogP contribution in [0, 0.1) is 27.7 Å². The quantitative estimate of drug-likeness (QED) is 0.477. The molecule has 6 nitrogen and oxygen atoms in total. The predicted molar refractivity (Wildman–Crippen MR) is 143 cm³/mol. The van der Waals surface area contributed by atoms with Gasteiger partial charge in [0.2, 0.25) is 5.91 Å². The van der Waals surface area contributed by atoms with Crippen molar-refractivity contribution in [3.63, 3.8) is 0 Å². The molecule has 0 spiro atoms. The molecular weight excluding hydrogens is 472 g/mol. The second kappa shape index (κ2) is 9.62. The number of amides is 1. The number of benzene rings is 3. The molecule has 1 aliphatic rings. The maximum absolute atomic E-state index is 13.8. The van der Waals surface area contributed by atoms with Crippen LogP contribution >= 0.6 is 0 Å². The zero-order valence-corrected chi connectivity index (χ0v) is 22.6. The van der Waals surface area contributed by atoms with Crippen LogP contribution < -0.4 is 14.4 Å². The molecule has 0 saturated carbocycles. The van der Waals surface area contributed by atoms with E-state index >= 15 is 0 Å². The highest BCUT2D eigenvalue weighted by atomic mass is 32.2. The highest BCUT2D eigenvalue weighted by molar-refractivity contribution is 7.92. The zero-order valence-electron chi connectivity index (χ0n) is 21.8. The molecule has 1 heterocycles. The van der Waals surface area contributed by atoms with Crippen molar-refractivity contribution in [3.8, 4) is 5.75 Å². The first-order valence-electron chi connectivity index (χ1n) is 12.1. The second-order valence-electron chi connectivity index (χ2n) is 10.3. The van der Waals surface area contributed by atoms with Crippen LogP contribution in [0.4, 0.5) is 5.69 Å². The van der Waals surface area contributed by atoms with Gasteiger partial charge in [-0.15, -0.1) is 0 Å². The Morgan fingerprint density at radius 1 is 0.944 bits per heavy atom. The number of hydrogen-bond donors (Lipinski definition) is 1. The van der Waals surface area contributed by atoms with Crippen LogP contribution in [-0.4, -0.2) is 26.5 Å². The first-order valence-corrected chi connectivity index (χ1v) is 13.6. The summed E-state index contributed by atoms with van der Waals surface area (Å²) < 4.78 is 34.9. The Hall–Kier alpha value is -3.32.